The third-order valence-electron chi connectivity index (χ3n) is 3.79. The molecule has 0 saturated heterocycles. The summed E-state index contributed by atoms with van der Waals surface area (Å²) in [6.45, 7) is 6.16. The summed E-state index contributed by atoms with van der Waals surface area (Å²) in [5.74, 6) is 1.07. The molecule has 1 aliphatic heterocycles. The Kier molecular flexibility index (Phi) is 4.21. The average Bonchev–Trinajstić information content (AvgIpc) is 2.81. The minimum atomic E-state index is -0.210. The van der Waals surface area contributed by atoms with Gasteiger partial charge in [0.15, 0.2) is 17.3 Å². The molecule has 3 rings (SSSR count). The van der Waals surface area contributed by atoms with Gasteiger partial charge in [-0.2, -0.15) is 5.10 Å². The van der Waals surface area contributed by atoms with E-state index in [0.717, 1.165) is 16.8 Å². The standard InChI is InChI=1S/C16H19N3O3S/c1-4-22-12-7-10(5-6-11(12)20)14-13-8(2)18-19-15(13)17-16(21)9(3)23-14/h5-7,9,14,20H,4H2,1-3H3,(H2,17,18,19,21)/t9-,14-/m1/s1. The molecule has 0 bridgehead atoms. The van der Waals surface area contributed by atoms with E-state index in [0.29, 0.717) is 18.2 Å². The van der Waals surface area contributed by atoms with Crippen LogP contribution in [0.2, 0.25) is 0 Å². The number of carbonyl (C=O) groups is 1. The fourth-order valence-corrected chi connectivity index (χ4v) is 3.94. The first-order valence-corrected chi connectivity index (χ1v) is 8.42. The molecule has 2 heterocycles. The van der Waals surface area contributed by atoms with Gasteiger partial charge in [0.05, 0.1) is 17.1 Å². The van der Waals surface area contributed by atoms with Crippen molar-refractivity contribution in [3.8, 4) is 11.5 Å². The number of hydrogen-bond donors (Lipinski definition) is 3. The number of carbonyl (C=O) groups excluding carboxylic acids is 1. The number of fused-ring (bicyclic) bond motifs is 1. The summed E-state index contributed by atoms with van der Waals surface area (Å²) >= 11 is 1.55. The second kappa shape index (κ2) is 6.16. The summed E-state index contributed by atoms with van der Waals surface area (Å²) in [7, 11) is 0. The molecule has 23 heavy (non-hydrogen) atoms. The average molecular weight is 333 g/mol. The summed E-state index contributed by atoms with van der Waals surface area (Å²) in [4.78, 5) is 12.1. The van der Waals surface area contributed by atoms with Gasteiger partial charge in [-0.15, -0.1) is 11.8 Å². The van der Waals surface area contributed by atoms with E-state index in [9.17, 15) is 9.90 Å². The molecule has 0 radical (unpaired) electrons. The lowest BCUT2D eigenvalue weighted by molar-refractivity contribution is -0.115. The molecule has 0 unspecified atom stereocenters. The lowest BCUT2D eigenvalue weighted by atomic mass is 10.0. The minimum Gasteiger partial charge on any atom is -0.504 e. The number of phenolic OH excluding ortho intramolecular Hbond substituents is 1. The lowest BCUT2D eigenvalue weighted by Crippen LogP contribution is -2.21. The van der Waals surface area contributed by atoms with Crippen LogP contribution in [-0.2, 0) is 4.79 Å². The van der Waals surface area contributed by atoms with Gasteiger partial charge in [0, 0.05) is 11.3 Å². The molecule has 7 heteroatoms. The number of nitrogens with one attached hydrogen (secondary N) is 2. The highest BCUT2D eigenvalue weighted by molar-refractivity contribution is 8.01. The first kappa shape index (κ1) is 15.7. The highest BCUT2D eigenvalue weighted by Gasteiger charge is 2.32. The smallest absolute Gasteiger partial charge is 0.238 e. The van der Waals surface area contributed by atoms with Gasteiger partial charge < -0.3 is 15.2 Å². The Hall–Kier alpha value is -2.15. The molecule has 0 fully saturated rings. The number of ether oxygens (including phenoxy) is 1. The number of aromatic nitrogens is 2. The van der Waals surface area contributed by atoms with E-state index >= 15 is 0 Å². The van der Waals surface area contributed by atoms with Crippen LogP contribution in [0, 0.1) is 6.92 Å². The number of rotatable bonds is 3. The number of aromatic hydroxyl groups is 1. The summed E-state index contributed by atoms with van der Waals surface area (Å²) in [6.07, 6.45) is 0. The molecule has 0 spiro atoms. The third-order valence-corrected chi connectivity index (χ3v) is 5.20. The van der Waals surface area contributed by atoms with Crippen LogP contribution in [0.1, 0.15) is 35.9 Å². The molecular weight excluding hydrogens is 314 g/mol. The van der Waals surface area contributed by atoms with E-state index in [1.807, 2.05) is 32.9 Å². The zero-order valence-electron chi connectivity index (χ0n) is 13.2. The number of aryl methyl sites for hydroxylation is 1. The van der Waals surface area contributed by atoms with Crippen molar-refractivity contribution in [2.45, 2.75) is 31.3 Å². The van der Waals surface area contributed by atoms with Gasteiger partial charge in [0.1, 0.15) is 0 Å². The third kappa shape index (κ3) is 2.88. The van der Waals surface area contributed by atoms with E-state index in [-0.39, 0.29) is 22.2 Å². The Morgan fingerprint density at radius 1 is 1.43 bits per heavy atom. The van der Waals surface area contributed by atoms with Gasteiger partial charge in [0.2, 0.25) is 5.91 Å². The van der Waals surface area contributed by atoms with Crippen LogP contribution < -0.4 is 10.1 Å². The molecular formula is C16H19N3O3S. The van der Waals surface area contributed by atoms with E-state index in [4.69, 9.17) is 4.74 Å². The molecule has 0 aliphatic carbocycles. The van der Waals surface area contributed by atoms with Crippen molar-refractivity contribution >= 4 is 23.5 Å². The maximum absolute atomic E-state index is 12.1. The Bertz CT molecular complexity index is 744. The fourth-order valence-electron chi connectivity index (χ4n) is 2.62. The normalized spacial score (nSPS) is 20.6. The molecule has 3 N–H and O–H groups in total. The van der Waals surface area contributed by atoms with Crippen LogP contribution in [0.4, 0.5) is 5.82 Å². The lowest BCUT2D eigenvalue weighted by Gasteiger charge is -2.19. The Morgan fingerprint density at radius 3 is 2.96 bits per heavy atom. The van der Waals surface area contributed by atoms with Crippen molar-refractivity contribution in [3.05, 3.63) is 35.0 Å². The van der Waals surface area contributed by atoms with Crippen LogP contribution in [-0.4, -0.2) is 33.1 Å². The maximum Gasteiger partial charge on any atom is 0.238 e. The number of benzene rings is 1. The summed E-state index contributed by atoms with van der Waals surface area (Å²) in [5.41, 5.74) is 2.84. The van der Waals surface area contributed by atoms with Crippen molar-refractivity contribution < 1.29 is 14.6 Å². The van der Waals surface area contributed by atoms with Crippen molar-refractivity contribution in [2.24, 2.45) is 0 Å². The van der Waals surface area contributed by atoms with Crippen LogP contribution in [0.3, 0.4) is 0 Å². The number of hydrogen-bond acceptors (Lipinski definition) is 5. The maximum atomic E-state index is 12.1. The van der Waals surface area contributed by atoms with Gasteiger partial charge in [0.25, 0.3) is 0 Å². The van der Waals surface area contributed by atoms with Gasteiger partial charge >= 0.3 is 0 Å². The van der Waals surface area contributed by atoms with E-state index < -0.39 is 0 Å². The van der Waals surface area contributed by atoms with Crippen LogP contribution in [0.15, 0.2) is 18.2 Å². The predicted molar refractivity (Wildman–Crippen MR) is 90.1 cm³/mol. The topological polar surface area (TPSA) is 87.2 Å². The van der Waals surface area contributed by atoms with Gasteiger partial charge in [-0.1, -0.05) is 6.07 Å². The summed E-state index contributed by atoms with van der Waals surface area (Å²) in [5, 5.41) is 19.6. The minimum absolute atomic E-state index is 0.0611. The summed E-state index contributed by atoms with van der Waals surface area (Å²) < 4.78 is 5.48. The molecule has 6 nitrogen and oxygen atoms in total. The SMILES string of the molecule is CCOc1cc([C@H]2S[C@H](C)C(=O)Nc3n[nH]c(C)c32)ccc1O. The van der Waals surface area contributed by atoms with Crippen molar-refractivity contribution in [1.29, 1.82) is 0 Å². The number of anilines is 1. The van der Waals surface area contributed by atoms with Gasteiger partial charge in [-0.25, -0.2) is 0 Å². The monoisotopic (exact) mass is 333 g/mol. The number of amides is 1. The van der Waals surface area contributed by atoms with Crippen molar-refractivity contribution in [1.82, 2.24) is 10.2 Å². The first-order valence-electron chi connectivity index (χ1n) is 7.48. The number of thioether (sulfide) groups is 1. The molecule has 1 aromatic carbocycles. The Balaban J connectivity index is 2.09. The molecule has 1 amide bonds. The predicted octanol–water partition coefficient (Wildman–Crippen LogP) is 2.99. The van der Waals surface area contributed by atoms with E-state index in [2.05, 4.69) is 15.5 Å². The number of phenols is 1. The number of H-pyrrole nitrogens is 1. The molecule has 122 valence electrons. The van der Waals surface area contributed by atoms with E-state index in [1.165, 1.54) is 0 Å². The summed E-state index contributed by atoms with van der Waals surface area (Å²) in [6, 6.07) is 5.31. The second-order valence-electron chi connectivity index (χ2n) is 5.42. The largest absolute Gasteiger partial charge is 0.504 e. The quantitative estimate of drug-likeness (QED) is 0.804. The van der Waals surface area contributed by atoms with Crippen LogP contribution in [0.5, 0.6) is 11.5 Å². The number of nitrogens with zero attached hydrogens (tertiary/aromatic N) is 1. The van der Waals surface area contributed by atoms with Crippen LogP contribution >= 0.6 is 11.8 Å². The second-order valence-corrected chi connectivity index (χ2v) is 6.87. The molecule has 1 aliphatic rings. The molecule has 2 atom stereocenters. The van der Waals surface area contributed by atoms with Gasteiger partial charge in [-0.05, 0) is 38.5 Å². The highest BCUT2D eigenvalue weighted by Crippen LogP contribution is 2.46. The highest BCUT2D eigenvalue weighted by atomic mass is 32.2. The molecule has 2 aromatic rings. The molecule has 0 saturated carbocycles. The first-order chi connectivity index (χ1) is 11.0. The fraction of sp³-hybridized carbons (Fsp3) is 0.375. The van der Waals surface area contributed by atoms with E-state index in [1.54, 1.807) is 17.8 Å². The number of aromatic amines is 1. The Morgan fingerprint density at radius 2 is 2.22 bits per heavy atom. The van der Waals surface area contributed by atoms with Gasteiger partial charge in [-0.3, -0.25) is 9.89 Å². The van der Waals surface area contributed by atoms with Crippen LogP contribution in [0.25, 0.3) is 0 Å². The van der Waals surface area contributed by atoms with Crippen molar-refractivity contribution in [3.63, 3.8) is 0 Å². The Labute approximate surface area is 138 Å². The zero-order valence-corrected chi connectivity index (χ0v) is 14.0. The zero-order chi connectivity index (χ0) is 16.6. The van der Waals surface area contributed by atoms with Crippen molar-refractivity contribution in [2.75, 3.05) is 11.9 Å². The molecule has 1 aromatic heterocycles.